The van der Waals surface area contributed by atoms with Crippen molar-refractivity contribution in [1.29, 1.82) is 0 Å². The van der Waals surface area contributed by atoms with Crippen LogP contribution in [0.1, 0.15) is 24.8 Å². The third-order valence-electron chi connectivity index (χ3n) is 6.16. The second-order valence-corrected chi connectivity index (χ2v) is 9.06. The summed E-state index contributed by atoms with van der Waals surface area (Å²) < 4.78 is 41.4. The number of benzene rings is 1. The van der Waals surface area contributed by atoms with Crippen molar-refractivity contribution in [2.75, 3.05) is 27.7 Å². The van der Waals surface area contributed by atoms with E-state index in [2.05, 4.69) is 16.9 Å². The molecule has 0 aliphatic heterocycles. The van der Waals surface area contributed by atoms with E-state index in [0.29, 0.717) is 11.4 Å². The van der Waals surface area contributed by atoms with Crippen LogP contribution < -0.4 is 5.32 Å². The predicted molar refractivity (Wildman–Crippen MR) is 126 cm³/mol. The lowest BCUT2D eigenvalue weighted by Gasteiger charge is -2.30. The van der Waals surface area contributed by atoms with Crippen molar-refractivity contribution in [3.05, 3.63) is 53.1 Å². The Morgan fingerprint density at radius 3 is 2.58 bits per heavy atom. The van der Waals surface area contributed by atoms with Crippen LogP contribution in [0.4, 0.5) is 13.2 Å². The molecule has 9 heteroatoms. The van der Waals surface area contributed by atoms with Crippen LogP contribution in [-0.2, 0) is 11.2 Å². The van der Waals surface area contributed by atoms with Gasteiger partial charge >= 0.3 is 6.18 Å². The number of rotatable bonds is 11. The molecule has 1 aromatic carbocycles. The van der Waals surface area contributed by atoms with Gasteiger partial charge in [-0.2, -0.15) is 13.2 Å². The molecule has 2 atom stereocenters. The molecule has 33 heavy (non-hydrogen) atoms. The molecule has 1 aliphatic rings. The van der Waals surface area contributed by atoms with E-state index in [9.17, 15) is 23.1 Å². The fraction of sp³-hybridized carbons (Fsp3) is 0.500. The highest BCUT2D eigenvalue weighted by atomic mass is 35.5. The number of carbonyl (C=O) groups is 1. The van der Waals surface area contributed by atoms with Gasteiger partial charge in [-0.25, -0.2) is 0 Å². The minimum atomic E-state index is -4.41. The fourth-order valence-corrected chi connectivity index (χ4v) is 4.15. The Balaban J connectivity index is 2.09. The SMILES string of the molecule is C=C(/C=C\C=NC)[C@H](CC(=O)NC[C@H](Cc1ccc(O)cc1Cl)N(C)C)C1(C(F)(F)F)CC1. The number of likely N-dealkylation sites (N-methyl/N-ethyl adjacent to an activating group) is 1. The monoisotopic (exact) mass is 485 g/mol. The molecule has 1 amide bonds. The van der Waals surface area contributed by atoms with Crippen LogP contribution in [0.25, 0.3) is 0 Å². The number of carbonyl (C=O) groups excluding carboxylic acids is 1. The van der Waals surface area contributed by atoms with Crippen LogP contribution in [0, 0.1) is 11.3 Å². The number of halogens is 4. The van der Waals surface area contributed by atoms with Gasteiger partial charge in [-0.3, -0.25) is 9.79 Å². The summed E-state index contributed by atoms with van der Waals surface area (Å²) >= 11 is 6.20. The van der Waals surface area contributed by atoms with E-state index in [-0.39, 0.29) is 43.2 Å². The number of aliphatic imine (C=N–C) groups is 1. The number of hydrogen-bond acceptors (Lipinski definition) is 4. The third kappa shape index (κ3) is 7.08. The first-order valence-corrected chi connectivity index (χ1v) is 11.0. The topological polar surface area (TPSA) is 64.9 Å². The Hall–Kier alpha value is -2.32. The molecule has 0 unspecified atom stereocenters. The van der Waals surface area contributed by atoms with Gasteiger partial charge in [0, 0.05) is 43.2 Å². The normalized spacial score (nSPS) is 17.5. The van der Waals surface area contributed by atoms with Gasteiger partial charge in [-0.1, -0.05) is 35.9 Å². The second-order valence-electron chi connectivity index (χ2n) is 8.65. The number of nitrogens with zero attached hydrogens (tertiary/aromatic N) is 2. The molecule has 1 aromatic rings. The van der Waals surface area contributed by atoms with E-state index in [1.807, 2.05) is 19.0 Å². The second kappa shape index (κ2) is 11.2. The summed E-state index contributed by atoms with van der Waals surface area (Å²) in [6, 6.07) is 4.55. The van der Waals surface area contributed by atoms with E-state index >= 15 is 0 Å². The van der Waals surface area contributed by atoms with Crippen LogP contribution in [0.3, 0.4) is 0 Å². The zero-order valence-corrected chi connectivity index (χ0v) is 19.9. The minimum absolute atomic E-state index is 0.0111. The first-order valence-electron chi connectivity index (χ1n) is 10.7. The molecule has 1 aliphatic carbocycles. The van der Waals surface area contributed by atoms with Crippen LogP contribution in [0.15, 0.2) is 47.5 Å². The van der Waals surface area contributed by atoms with Crippen molar-refractivity contribution in [3.63, 3.8) is 0 Å². The van der Waals surface area contributed by atoms with E-state index < -0.39 is 23.4 Å². The molecule has 1 saturated carbocycles. The number of aromatic hydroxyl groups is 1. The molecule has 5 nitrogen and oxygen atoms in total. The summed E-state index contributed by atoms with van der Waals surface area (Å²) in [6.07, 6.45) is 0.252. The van der Waals surface area contributed by atoms with Crippen LogP contribution >= 0.6 is 11.6 Å². The standard InChI is InChI=1S/C24H31ClF3N3O2/c1-16(6-5-11-29-2)20(23(9-10-23)24(26,27)28)14-22(33)30-15-18(31(3)4)12-17-7-8-19(32)13-21(17)25/h5-8,11,13,18,20,32H,1,9-10,12,14-15H2,2-4H3,(H,30,33)/b6-5-,29-11?/t18-,20-/m0/s1. The lowest BCUT2D eigenvalue weighted by Crippen LogP contribution is -2.43. The zero-order valence-electron chi connectivity index (χ0n) is 19.1. The van der Waals surface area contributed by atoms with E-state index in [1.54, 1.807) is 13.1 Å². The summed E-state index contributed by atoms with van der Waals surface area (Å²) in [7, 11) is 5.25. The lowest BCUT2D eigenvalue weighted by molar-refractivity contribution is -0.199. The maximum Gasteiger partial charge on any atom is 0.395 e. The molecule has 0 aromatic heterocycles. The van der Waals surface area contributed by atoms with Gasteiger partial charge in [0.15, 0.2) is 0 Å². The average molecular weight is 486 g/mol. The summed E-state index contributed by atoms with van der Waals surface area (Å²) in [6.45, 7) is 4.06. The molecule has 2 N–H and O–H groups in total. The fourth-order valence-electron chi connectivity index (χ4n) is 3.90. The number of phenols is 1. The maximum absolute atomic E-state index is 13.8. The molecule has 0 saturated heterocycles. The Morgan fingerprint density at radius 2 is 2.06 bits per heavy atom. The Kier molecular flexibility index (Phi) is 9.14. The van der Waals surface area contributed by atoms with Crippen molar-refractivity contribution in [2.24, 2.45) is 16.3 Å². The van der Waals surface area contributed by atoms with Gasteiger partial charge in [0.05, 0.1) is 5.41 Å². The number of amides is 1. The molecule has 2 rings (SSSR count). The van der Waals surface area contributed by atoms with Gasteiger partial charge in [0.1, 0.15) is 5.75 Å². The van der Waals surface area contributed by atoms with Crippen LogP contribution in [0.2, 0.25) is 5.02 Å². The highest BCUT2D eigenvalue weighted by molar-refractivity contribution is 6.31. The zero-order chi connectivity index (χ0) is 24.8. The molecule has 0 bridgehead atoms. The van der Waals surface area contributed by atoms with Crippen molar-refractivity contribution in [2.45, 2.75) is 37.9 Å². The van der Waals surface area contributed by atoms with Crippen molar-refractivity contribution >= 4 is 23.7 Å². The van der Waals surface area contributed by atoms with Gasteiger partial charge in [0.25, 0.3) is 0 Å². The predicted octanol–water partition coefficient (Wildman–Crippen LogP) is 4.80. The van der Waals surface area contributed by atoms with Gasteiger partial charge in [-0.05, 0) is 57.1 Å². The Labute approximate surface area is 198 Å². The molecule has 1 fully saturated rings. The number of alkyl halides is 3. The summed E-state index contributed by atoms with van der Waals surface area (Å²) in [5.41, 5.74) is -0.847. The Bertz CT molecular complexity index is 909. The molecular formula is C24H31ClF3N3O2. The quantitative estimate of drug-likeness (QED) is 0.349. The maximum atomic E-state index is 13.8. The first-order chi connectivity index (χ1) is 15.4. The van der Waals surface area contributed by atoms with E-state index in [4.69, 9.17) is 11.6 Å². The van der Waals surface area contributed by atoms with E-state index in [1.165, 1.54) is 30.5 Å². The molecule has 0 spiro atoms. The highest BCUT2D eigenvalue weighted by Crippen LogP contribution is 2.64. The number of phenolic OH excluding ortho intramolecular Hbond substituents is 1. The molecule has 0 radical (unpaired) electrons. The average Bonchev–Trinajstić information content (AvgIpc) is 3.52. The number of nitrogens with one attached hydrogen (secondary N) is 1. The van der Waals surface area contributed by atoms with Gasteiger partial charge in [-0.15, -0.1) is 0 Å². The summed E-state index contributed by atoms with van der Waals surface area (Å²) in [5, 5.41) is 12.7. The molecular weight excluding hydrogens is 455 g/mol. The van der Waals surface area contributed by atoms with Gasteiger partial charge in [0.2, 0.25) is 5.91 Å². The number of hydrogen-bond donors (Lipinski definition) is 2. The largest absolute Gasteiger partial charge is 0.508 e. The van der Waals surface area contributed by atoms with Crippen molar-refractivity contribution in [1.82, 2.24) is 10.2 Å². The van der Waals surface area contributed by atoms with Crippen LogP contribution in [-0.4, -0.2) is 62.0 Å². The minimum Gasteiger partial charge on any atom is -0.508 e. The van der Waals surface area contributed by atoms with E-state index in [0.717, 1.165) is 5.56 Å². The first kappa shape index (κ1) is 26.9. The summed E-state index contributed by atoms with van der Waals surface area (Å²) in [4.78, 5) is 18.4. The van der Waals surface area contributed by atoms with Crippen molar-refractivity contribution < 1.29 is 23.1 Å². The summed E-state index contributed by atoms with van der Waals surface area (Å²) in [5.74, 6) is -1.44. The third-order valence-corrected chi connectivity index (χ3v) is 6.51. The lowest BCUT2D eigenvalue weighted by atomic mass is 9.80. The van der Waals surface area contributed by atoms with Gasteiger partial charge < -0.3 is 15.3 Å². The number of allylic oxidation sites excluding steroid dienone is 3. The smallest absolute Gasteiger partial charge is 0.395 e. The molecule has 182 valence electrons. The highest BCUT2D eigenvalue weighted by Gasteiger charge is 2.67. The molecule has 0 heterocycles. The van der Waals surface area contributed by atoms with Crippen LogP contribution in [0.5, 0.6) is 5.75 Å². The Morgan fingerprint density at radius 1 is 1.39 bits per heavy atom. The van der Waals surface area contributed by atoms with Crippen molar-refractivity contribution in [3.8, 4) is 5.75 Å².